The highest BCUT2D eigenvalue weighted by molar-refractivity contribution is 7.92. The van der Waals surface area contributed by atoms with Crippen LogP contribution in [0.4, 0.5) is 11.4 Å². The Balaban J connectivity index is 1.87. The highest BCUT2D eigenvalue weighted by atomic mass is 32.2. The highest BCUT2D eigenvalue weighted by Gasteiger charge is 2.18. The number of sulfonamides is 1. The molecule has 0 saturated carbocycles. The molecule has 0 unspecified atom stereocenters. The van der Waals surface area contributed by atoms with Gasteiger partial charge in [-0.25, -0.2) is 8.42 Å². The molecule has 30 heavy (non-hydrogen) atoms. The van der Waals surface area contributed by atoms with E-state index in [2.05, 4.69) is 10.0 Å². The first-order chi connectivity index (χ1) is 14.1. The van der Waals surface area contributed by atoms with Crippen molar-refractivity contribution in [3.8, 4) is 0 Å². The molecule has 0 fully saturated rings. The fraction of sp³-hybridized carbons (Fsp3) is 0.208. The van der Waals surface area contributed by atoms with Gasteiger partial charge >= 0.3 is 0 Å². The Kier molecular flexibility index (Phi) is 5.99. The van der Waals surface area contributed by atoms with Gasteiger partial charge in [0, 0.05) is 11.3 Å². The van der Waals surface area contributed by atoms with E-state index in [0.717, 1.165) is 33.5 Å². The van der Waals surface area contributed by atoms with Gasteiger partial charge in [-0.15, -0.1) is 0 Å². The van der Waals surface area contributed by atoms with Gasteiger partial charge in [-0.2, -0.15) is 0 Å². The summed E-state index contributed by atoms with van der Waals surface area (Å²) in [5, 5.41) is 2.91. The van der Waals surface area contributed by atoms with Gasteiger partial charge in [-0.05, 0) is 75.6 Å². The van der Waals surface area contributed by atoms with Crippen molar-refractivity contribution in [2.75, 3.05) is 10.0 Å². The van der Waals surface area contributed by atoms with Crippen LogP contribution in [0.25, 0.3) is 0 Å². The number of benzene rings is 3. The fourth-order valence-electron chi connectivity index (χ4n) is 3.50. The summed E-state index contributed by atoms with van der Waals surface area (Å²) in [7, 11) is -3.83. The first kappa shape index (κ1) is 21.6. The molecule has 5 nitrogen and oxygen atoms in total. The molecule has 0 heterocycles. The Morgan fingerprint density at radius 1 is 0.767 bits per heavy atom. The van der Waals surface area contributed by atoms with E-state index in [1.165, 1.54) is 12.1 Å². The molecule has 0 aromatic heterocycles. The van der Waals surface area contributed by atoms with Crippen LogP contribution in [0.3, 0.4) is 0 Å². The molecule has 1 amide bonds. The van der Waals surface area contributed by atoms with E-state index in [1.807, 2.05) is 58.9 Å². The zero-order valence-corrected chi connectivity index (χ0v) is 18.6. The van der Waals surface area contributed by atoms with Crippen molar-refractivity contribution in [3.05, 3.63) is 88.0 Å². The molecule has 0 aliphatic rings. The molecule has 0 radical (unpaired) electrons. The molecular formula is C24H26N2O3S. The van der Waals surface area contributed by atoms with E-state index in [9.17, 15) is 13.2 Å². The van der Waals surface area contributed by atoms with Gasteiger partial charge in [-0.3, -0.25) is 9.52 Å². The van der Waals surface area contributed by atoms with Crippen LogP contribution < -0.4 is 10.0 Å². The third-order valence-electron chi connectivity index (χ3n) is 4.95. The topological polar surface area (TPSA) is 75.3 Å². The van der Waals surface area contributed by atoms with Crippen LogP contribution in [0.2, 0.25) is 0 Å². The Labute approximate surface area is 178 Å². The number of hydrogen-bond donors (Lipinski definition) is 2. The first-order valence-corrected chi connectivity index (χ1v) is 11.1. The lowest BCUT2D eigenvalue weighted by Crippen LogP contribution is -2.17. The molecule has 6 heteroatoms. The lowest BCUT2D eigenvalue weighted by molar-refractivity contribution is 0.102. The van der Waals surface area contributed by atoms with Gasteiger partial charge in [0.25, 0.3) is 15.9 Å². The molecule has 0 saturated heterocycles. The monoisotopic (exact) mass is 422 g/mol. The predicted molar refractivity (Wildman–Crippen MR) is 122 cm³/mol. The summed E-state index contributed by atoms with van der Waals surface area (Å²) in [6, 6.07) is 15.5. The lowest BCUT2D eigenvalue weighted by atomic mass is 10.0. The summed E-state index contributed by atoms with van der Waals surface area (Å²) in [6.45, 7) is 9.67. The SMILES string of the molecule is Cc1ccc(NS(=O)(=O)c2cccc(C(=O)Nc3c(C)cc(C)cc3C)c2)c(C)c1. The van der Waals surface area contributed by atoms with Crippen LogP contribution in [-0.2, 0) is 10.0 Å². The largest absolute Gasteiger partial charge is 0.322 e. The number of carbonyl (C=O) groups excluding carboxylic acids is 1. The standard InChI is InChI=1S/C24H26N2O3S/c1-15-9-10-22(17(3)11-15)26-30(28,29)21-8-6-7-20(14-21)24(27)25-23-18(4)12-16(2)13-19(23)5/h6-14,26H,1-5H3,(H,25,27). The van der Waals surface area contributed by atoms with Gasteiger partial charge in [0.15, 0.2) is 0 Å². The summed E-state index contributed by atoms with van der Waals surface area (Å²) in [6.07, 6.45) is 0. The molecule has 0 bridgehead atoms. The normalized spacial score (nSPS) is 11.2. The van der Waals surface area contributed by atoms with E-state index in [4.69, 9.17) is 0 Å². The maximum atomic E-state index is 12.9. The number of hydrogen-bond acceptors (Lipinski definition) is 3. The van der Waals surface area contributed by atoms with Crippen LogP contribution in [0.15, 0.2) is 59.5 Å². The van der Waals surface area contributed by atoms with E-state index in [1.54, 1.807) is 18.2 Å². The van der Waals surface area contributed by atoms with Crippen molar-refractivity contribution in [3.63, 3.8) is 0 Å². The van der Waals surface area contributed by atoms with Gasteiger partial charge < -0.3 is 5.32 Å². The summed E-state index contributed by atoms with van der Waals surface area (Å²) < 4.78 is 28.4. The third-order valence-corrected chi connectivity index (χ3v) is 6.31. The summed E-state index contributed by atoms with van der Waals surface area (Å²) in [5.41, 5.74) is 6.45. The molecule has 0 atom stereocenters. The molecule has 3 aromatic rings. The second-order valence-corrected chi connectivity index (χ2v) is 9.36. The van der Waals surface area contributed by atoms with E-state index < -0.39 is 10.0 Å². The maximum Gasteiger partial charge on any atom is 0.261 e. The van der Waals surface area contributed by atoms with Gasteiger partial charge in [0.05, 0.1) is 10.6 Å². The van der Waals surface area contributed by atoms with Crippen LogP contribution in [0.5, 0.6) is 0 Å². The van der Waals surface area contributed by atoms with Crippen LogP contribution in [0, 0.1) is 34.6 Å². The van der Waals surface area contributed by atoms with Crippen LogP contribution in [0.1, 0.15) is 38.2 Å². The molecule has 3 rings (SSSR count). The molecule has 2 N–H and O–H groups in total. The average molecular weight is 423 g/mol. The summed E-state index contributed by atoms with van der Waals surface area (Å²) in [4.78, 5) is 12.8. The van der Waals surface area contributed by atoms with E-state index in [-0.39, 0.29) is 16.4 Å². The van der Waals surface area contributed by atoms with Crippen molar-refractivity contribution < 1.29 is 13.2 Å². The molecule has 0 aliphatic heterocycles. The number of rotatable bonds is 5. The van der Waals surface area contributed by atoms with Crippen molar-refractivity contribution in [2.45, 2.75) is 39.5 Å². The predicted octanol–water partition coefficient (Wildman–Crippen LogP) is 5.28. The molecule has 156 valence electrons. The number of nitrogens with one attached hydrogen (secondary N) is 2. The van der Waals surface area contributed by atoms with Crippen molar-refractivity contribution in [1.82, 2.24) is 0 Å². The minimum absolute atomic E-state index is 0.0347. The zero-order chi connectivity index (χ0) is 22.1. The summed E-state index contributed by atoms with van der Waals surface area (Å²) in [5.74, 6) is -0.353. The van der Waals surface area contributed by atoms with Gasteiger partial charge in [-0.1, -0.05) is 41.5 Å². The smallest absolute Gasteiger partial charge is 0.261 e. The quantitative estimate of drug-likeness (QED) is 0.587. The maximum absolute atomic E-state index is 12.9. The molecule has 3 aromatic carbocycles. The molecular weight excluding hydrogens is 396 g/mol. The highest BCUT2D eigenvalue weighted by Crippen LogP contribution is 2.24. The number of carbonyl (C=O) groups is 1. The van der Waals surface area contributed by atoms with E-state index in [0.29, 0.717) is 5.69 Å². The molecule has 0 aliphatic carbocycles. The van der Waals surface area contributed by atoms with Crippen molar-refractivity contribution >= 4 is 27.3 Å². The number of aryl methyl sites for hydroxylation is 5. The van der Waals surface area contributed by atoms with Crippen LogP contribution >= 0.6 is 0 Å². The van der Waals surface area contributed by atoms with Crippen molar-refractivity contribution in [1.29, 1.82) is 0 Å². The minimum atomic E-state index is -3.83. The number of amides is 1. The van der Waals surface area contributed by atoms with E-state index >= 15 is 0 Å². The van der Waals surface area contributed by atoms with Gasteiger partial charge in [0.2, 0.25) is 0 Å². The second-order valence-electron chi connectivity index (χ2n) is 7.68. The lowest BCUT2D eigenvalue weighted by Gasteiger charge is -2.14. The first-order valence-electron chi connectivity index (χ1n) is 9.66. The average Bonchev–Trinajstić information content (AvgIpc) is 2.67. The van der Waals surface area contributed by atoms with Gasteiger partial charge in [0.1, 0.15) is 0 Å². The Bertz CT molecular complexity index is 1210. The van der Waals surface area contributed by atoms with Crippen LogP contribution in [-0.4, -0.2) is 14.3 Å². The minimum Gasteiger partial charge on any atom is -0.322 e. The Hall–Kier alpha value is -3.12. The fourth-order valence-corrected chi connectivity index (χ4v) is 4.68. The number of anilines is 2. The summed E-state index contributed by atoms with van der Waals surface area (Å²) >= 11 is 0. The Morgan fingerprint density at radius 2 is 1.40 bits per heavy atom. The molecule has 0 spiro atoms. The third kappa shape index (κ3) is 4.71. The van der Waals surface area contributed by atoms with Crippen molar-refractivity contribution in [2.24, 2.45) is 0 Å². The zero-order valence-electron chi connectivity index (χ0n) is 17.8. The Morgan fingerprint density at radius 3 is 2.03 bits per heavy atom. The second kappa shape index (κ2) is 8.32.